The summed E-state index contributed by atoms with van der Waals surface area (Å²) in [6.45, 7) is 3.14. The molecule has 1 aromatic heterocycles. The van der Waals surface area contributed by atoms with Gasteiger partial charge >= 0.3 is 5.63 Å². The van der Waals surface area contributed by atoms with E-state index in [0.29, 0.717) is 29.2 Å². The Kier molecular flexibility index (Phi) is 6.77. The third kappa shape index (κ3) is 4.64. The van der Waals surface area contributed by atoms with Gasteiger partial charge in [-0.2, -0.15) is 0 Å². The summed E-state index contributed by atoms with van der Waals surface area (Å²) in [5, 5.41) is 7.71. The van der Waals surface area contributed by atoms with E-state index in [4.69, 9.17) is 19.1 Å². The van der Waals surface area contributed by atoms with Crippen LogP contribution in [-0.2, 0) is 9.59 Å². The number of fused-ring (bicyclic) bond motifs is 3. The Balaban J connectivity index is 0.000000806. The van der Waals surface area contributed by atoms with Crippen LogP contribution in [-0.4, -0.2) is 66.6 Å². The number of hydrogen-bond donors (Lipinski definition) is 1. The molecule has 1 aliphatic carbocycles. The predicted molar refractivity (Wildman–Crippen MR) is 112 cm³/mol. The summed E-state index contributed by atoms with van der Waals surface area (Å²) in [5.74, 6) is 1.65. The van der Waals surface area contributed by atoms with Gasteiger partial charge in [0.2, 0.25) is 0 Å². The molecule has 30 heavy (non-hydrogen) atoms. The van der Waals surface area contributed by atoms with Crippen LogP contribution in [0.5, 0.6) is 5.75 Å². The van der Waals surface area contributed by atoms with Gasteiger partial charge in [0.25, 0.3) is 12.4 Å². The van der Waals surface area contributed by atoms with Gasteiger partial charge in [0, 0.05) is 36.7 Å². The molecular weight excluding hydrogens is 388 g/mol. The van der Waals surface area contributed by atoms with Crippen LogP contribution in [0.25, 0.3) is 11.0 Å². The summed E-state index contributed by atoms with van der Waals surface area (Å²) in [5.41, 5.74) is 0.0625. The van der Waals surface area contributed by atoms with E-state index in [1.807, 2.05) is 11.0 Å². The molecule has 1 amide bonds. The SMILES string of the molecule is CC(Oc1ccc2ccc(=O)oc2c1)C(=O)N1C[C@H]2CC[C@@H](C1)C2N(C)C.O=CO. The molecule has 2 bridgehead atoms. The van der Waals surface area contributed by atoms with Crippen LogP contribution in [0.3, 0.4) is 0 Å². The number of rotatable bonds is 4. The average molecular weight is 416 g/mol. The second-order valence-corrected chi connectivity index (χ2v) is 8.11. The number of benzene rings is 1. The van der Waals surface area contributed by atoms with E-state index in [9.17, 15) is 9.59 Å². The molecule has 0 spiro atoms. The summed E-state index contributed by atoms with van der Waals surface area (Å²) in [4.78, 5) is 37.0. The number of likely N-dealkylation sites (tertiary alicyclic amines) is 1. The fraction of sp³-hybridized carbons (Fsp3) is 0.500. The van der Waals surface area contributed by atoms with Crippen molar-refractivity contribution in [3.8, 4) is 5.75 Å². The van der Waals surface area contributed by atoms with E-state index >= 15 is 0 Å². The zero-order valence-corrected chi connectivity index (χ0v) is 17.5. The van der Waals surface area contributed by atoms with Crippen molar-refractivity contribution in [1.29, 1.82) is 0 Å². The smallest absolute Gasteiger partial charge is 0.336 e. The maximum Gasteiger partial charge on any atom is 0.336 e. The molecule has 2 unspecified atom stereocenters. The molecule has 0 radical (unpaired) electrons. The average Bonchev–Trinajstić information content (AvgIpc) is 2.98. The number of hydrogen-bond acceptors (Lipinski definition) is 6. The van der Waals surface area contributed by atoms with E-state index in [0.717, 1.165) is 18.5 Å². The van der Waals surface area contributed by atoms with Gasteiger partial charge < -0.3 is 24.1 Å². The minimum Gasteiger partial charge on any atom is -0.483 e. The highest BCUT2D eigenvalue weighted by Gasteiger charge is 2.44. The van der Waals surface area contributed by atoms with Crippen LogP contribution in [0, 0.1) is 11.8 Å². The standard InChI is InChI=1S/C21H26N2O4.CH2O2/c1-13(26-17-8-6-14-7-9-19(24)27-18(14)10-17)21(25)23-11-15-4-5-16(12-23)20(15)22(2)3;2-1-3/h6-10,13,15-16,20H,4-5,11-12H2,1-3H3;1H,(H,2,3)/t13?,15-,16+,20?;. The second-order valence-electron chi connectivity index (χ2n) is 8.11. The highest BCUT2D eigenvalue weighted by molar-refractivity contribution is 5.82. The minimum absolute atomic E-state index is 0.0266. The lowest BCUT2D eigenvalue weighted by Gasteiger charge is -2.41. The lowest BCUT2D eigenvalue weighted by atomic mass is 9.91. The maximum absolute atomic E-state index is 12.9. The summed E-state index contributed by atoms with van der Waals surface area (Å²) < 4.78 is 11.1. The van der Waals surface area contributed by atoms with Crippen LogP contribution in [0.2, 0.25) is 0 Å². The van der Waals surface area contributed by atoms with Crippen molar-refractivity contribution in [3.05, 3.63) is 40.8 Å². The van der Waals surface area contributed by atoms with Gasteiger partial charge in [0.05, 0.1) is 0 Å². The highest BCUT2D eigenvalue weighted by Crippen LogP contribution is 2.39. The largest absolute Gasteiger partial charge is 0.483 e. The van der Waals surface area contributed by atoms with Crippen LogP contribution in [0.4, 0.5) is 0 Å². The minimum atomic E-state index is -0.576. The van der Waals surface area contributed by atoms with Crippen LogP contribution in [0.1, 0.15) is 19.8 Å². The molecule has 1 N–H and O–H groups in total. The lowest BCUT2D eigenvalue weighted by Crippen LogP contribution is -2.54. The number of piperidine rings is 1. The normalized spacial score (nSPS) is 23.6. The van der Waals surface area contributed by atoms with Crippen LogP contribution >= 0.6 is 0 Å². The Bertz CT molecular complexity index is 942. The molecule has 2 aromatic rings. The highest BCUT2D eigenvalue weighted by atomic mass is 16.5. The van der Waals surface area contributed by atoms with E-state index < -0.39 is 11.7 Å². The number of carbonyl (C=O) groups excluding carboxylic acids is 1. The Morgan fingerprint density at radius 3 is 2.43 bits per heavy atom. The number of amides is 1. The van der Waals surface area contributed by atoms with Crippen molar-refractivity contribution >= 4 is 23.3 Å². The Morgan fingerprint density at radius 2 is 1.83 bits per heavy atom. The van der Waals surface area contributed by atoms with Gasteiger partial charge in [-0.25, -0.2) is 4.79 Å². The number of nitrogens with zero attached hydrogens (tertiary/aromatic N) is 2. The molecule has 4 rings (SSSR count). The molecule has 162 valence electrons. The maximum atomic E-state index is 12.9. The van der Waals surface area contributed by atoms with E-state index in [2.05, 4.69) is 19.0 Å². The fourth-order valence-electron chi connectivity index (χ4n) is 4.84. The summed E-state index contributed by atoms with van der Waals surface area (Å²) >= 11 is 0. The first kappa shape index (κ1) is 21.8. The quantitative estimate of drug-likeness (QED) is 0.601. The van der Waals surface area contributed by atoms with Crippen molar-refractivity contribution < 1.29 is 23.8 Å². The first-order valence-corrected chi connectivity index (χ1v) is 10.1. The van der Waals surface area contributed by atoms with Crippen LogP contribution < -0.4 is 10.4 Å². The number of ether oxygens (including phenoxy) is 1. The Labute approximate surface area is 175 Å². The molecule has 4 atom stereocenters. The van der Waals surface area contributed by atoms with Crippen molar-refractivity contribution in [1.82, 2.24) is 9.80 Å². The van der Waals surface area contributed by atoms with E-state index in [1.54, 1.807) is 25.1 Å². The molecule has 1 saturated carbocycles. The zero-order chi connectivity index (χ0) is 21.8. The summed E-state index contributed by atoms with van der Waals surface area (Å²) in [7, 11) is 4.27. The van der Waals surface area contributed by atoms with Gasteiger partial charge in [-0.15, -0.1) is 0 Å². The molecule has 1 aromatic carbocycles. The van der Waals surface area contributed by atoms with Gasteiger partial charge in [-0.3, -0.25) is 9.59 Å². The van der Waals surface area contributed by atoms with Crippen molar-refractivity contribution in [2.24, 2.45) is 11.8 Å². The molecule has 8 heteroatoms. The fourth-order valence-corrected chi connectivity index (χ4v) is 4.84. The van der Waals surface area contributed by atoms with Crippen molar-refractivity contribution in [2.75, 3.05) is 27.2 Å². The van der Waals surface area contributed by atoms with Gasteiger partial charge in [-0.1, -0.05) is 0 Å². The molecular formula is C22H28N2O6. The summed E-state index contributed by atoms with van der Waals surface area (Å²) in [6, 6.07) is 8.98. The van der Waals surface area contributed by atoms with Crippen molar-refractivity contribution in [3.63, 3.8) is 0 Å². The summed E-state index contributed by atoms with van der Waals surface area (Å²) in [6.07, 6.45) is 1.81. The third-order valence-electron chi connectivity index (χ3n) is 5.95. The van der Waals surface area contributed by atoms with E-state index in [1.165, 1.54) is 18.9 Å². The molecule has 8 nitrogen and oxygen atoms in total. The Hall–Kier alpha value is -2.87. The second kappa shape index (κ2) is 9.30. The monoisotopic (exact) mass is 416 g/mol. The van der Waals surface area contributed by atoms with Crippen molar-refractivity contribution in [2.45, 2.75) is 31.9 Å². The first-order chi connectivity index (χ1) is 14.3. The molecule has 1 aliphatic heterocycles. The van der Waals surface area contributed by atoms with Gasteiger partial charge in [-0.05, 0) is 63.9 Å². The number of carboxylic acid groups (broad SMARTS) is 1. The zero-order valence-electron chi connectivity index (χ0n) is 17.5. The third-order valence-corrected chi connectivity index (χ3v) is 5.95. The molecule has 2 heterocycles. The molecule has 2 fully saturated rings. The lowest BCUT2D eigenvalue weighted by molar-refractivity contribution is -0.141. The Morgan fingerprint density at radius 1 is 1.23 bits per heavy atom. The molecule has 1 saturated heterocycles. The van der Waals surface area contributed by atoms with Gasteiger partial charge in [0.1, 0.15) is 11.3 Å². The predicted octanol–water partition coefficient (Wildman–Crippen LogP) is 2.06. The van der Waals surface area contributed by atoms with E-state index in [-0.39, 0.29) is 12.4 Å². The number of carbonyl (C=O) groups is 2. The topological polar surface area (TPSA) is 100 Å². The first-order valence-electron chi connectivity index (χ1n) is 10.1. The van der Waals surface area contributed by atoms with Gasteiger partial charge in [0.15, 0.2) is 6.10 Å². The molecule has 2 aliphatic rings. The van der Waals surface area contributed by atoms with Crippen LogP contribution in [0.15, 0.2) is 39.5 Å².